The quantitative estimate of drug-likeness (QED) is 0.667. The largest absolute Gasteiger partial charge is 0.313 e. The van der Waals surface area contributed by atoms with E-state index in [4.69, 9.17) is 0 Å². The molecule has 0 atom stereocenters. The molecule has 0 aromatic carbocycles. The number of hydrogen-bond acceptors (Lipinski definition) is 1. The maximum absolute atomic E-state index is 11.2. The first-order valence-electron chi connectivity index (χ1n) is 4.96. The molecule has 1 fully saturated rings. The molecule has 2 nitrogen and oxygen atoms in total. The smallest absolute Gasteiger partial charge is 0.285 e. The number of primary amides is 1. The second-order valence-corrected chi connectivity index (χ2v) is 4.35. The van der Waals surface area contributed by atoms with Gasteiger partial charge in [-0.1, -0.05) is 13.8 Å². The van der Waals surface area contributed by atoms with Gasteiger partial charge in [0.25, 0.3) is 0 Å². The lowest BCUT2D eigenvalue weighted by Gasteiger charge is -2.33. The number of rotatable bonds is 3. The zero-order chi connectivity index (χ0) is 9.14. The lowest BCUT2D eigenvalue weighted by molar-refractivity contribution is -0.543. The van der Waals surface area contributed by atoms with Crippen LogP contribution in [0, 0.1) is 17.8 Å². The van der Waals surface area contributed by atoms with E-state index >= 15 is 0 Å². The van der Waals surface area contributed by atoms with Gasteiger partial charge in [-0.15, -0.1) is 0 Å². The fourth-order valence-corrected chi connectivity index (χ4v) is 2.06. The van der Waals surface area contributed by atoms with E-state index in [1.165, 1.54) is 6.42 Å². The highest BCUT2D eigenvalue weighted by atomic mass is 16.1. The fourth-order valence-electron chi connectivity index (χ4n) is 2.06. The molecule has 1 amide bonds. The van der Waals surface area contributed by atoms with Crippen LogP contribution in [0.1, 0.15) is 33.1 Å². The van der Waals surface area contributed by atoms with Gasteiger partial charge in [-0.05, 0) is 31.1 Å². The van der Waals surface area contributed by atoms with Gasteiger partial charge in [0, 0.05) is 0 Å². The fraction of sp³-hybridized carbons (Fsp3) is 0.900. The molecular weight excluding hydrogens is 150 g/mol. The number of amides is 1. The summed E-state index contributed by atoms with van der Waals surface area (Å²) in [5.74, 6) is 2.35. The highest BCUT2D eigenvalue weighted by Crippen LogP contribution is 2.37. The van der Waals surface area contributed by atoms with Crippen LogP contribution < -0.4 is 5.32 Å². The zero-order valence-electron chi connectivity index (χ0n) is 8.34. The molecule has 0 heterocycles. The summed E-state index contributed by atoms with van der Waals surface area (Å²) in [6.45, 7) is 4.50. The van der Waals surface area contributed by atoms with Crippen LogP contribution in [-0.4, -0.2) is 13.0 Å². The second-order valence-electron chi connectivity index (χ2n) is 4.35. The highest BCUT2D eigenvalue weighted by molar-refractivity contribution is 5.69. The number of hydrogen-bond donors (Lipinski definition) is 1. The Labute approximate surface area is 74.7 Å². The van der Waals surface area contributed by atoms with E-state index < -0.39 is 0 Å². The number of carbonyl (C=O) groups is 1. The van der Waals surface area contributed by atoms with Crippen LogP contribution >= 0.6 is 0 Å². The predicted octanol–water partition coefficient (Wildman–Crippen LogP) is 0.778. The van der Waals surface area contributed by atoms with E-state index in [0.717, 1.165) is 24.7 Å². The van der Waals surface area contributed by atoms with E-state index in [2.05, 4.69) is 13.8 Å². The summed E-state index contributed by atoms with van der Waals surface area (Å²) in [6.07, 6.45) is 3.58. The summed E-state index contributed by atoms with van der Waals surface area (Å²) in [5.41, 5.74) is 0. The molecule has 1 aliphatic carbocycles. The molecule has 1 aliphatic rings. The molecule has 2 N–H and O–H groups in total. The Morgan fingerprint density at radius 2 is 2.08 bits per heavy atom. The van der Waals surface area contributed by atoms with Crippen molar-refractivity contribution >= 4 is 5.91 Å². The van der Waals surface area contributed by atoms with Crippen LogP contribution in [-0.2, 0) is 4.79 Å². The van der Waals surface area contributed by atoms with Crippen molar-refractivity contribution in [2.24, 2.45) is 17.8 Å². The summed E-state index contributed by atoms with van der Waals surface area (Å²) in [6, 6.07) is 0. The Bertz CT molecular complexity index is 159. The third kappa shape index (κ3) is 2.31. The first-order valence-corrected chi connectivity index (χ1v) is 4.96. The Morgan fingerprint density at radius 1 is 1.50 bits per heavy atom. The van der Waals surface area contributed by atoms with Crippen LogP contribution in [0.2, 0.25) is 0 Å². The number of nitrogens with two attached hydrogens (primary N) is 1. The van der Waals surface area contributed by atoms with Crippen molar-refractivity contribution in [2.45, 2.75) is 33.1 Å². The number of quaternary nitrogens is 1. The molecule has 0 spiro atoms. The molecule has 0 aromatic heterocycles. The summed E-state index contributed by atoms with van der Waals surface area (Å²) >= 11 is 0. The minimum absolute atomic E-state index is 0.356. The van der Waals surface area contributed by atoms with Crippen LogP contribution in [0.4, 0.5) is 0 Å². The van der Waals surface area contributed by atoms with E-state index in [1.54, 1.807) is 5.32 Å². The second kappa shape index (κ2) is 4.04. The molecule has 1 saturated carbocycles. The highest BCUT2D eigenvalue weighted by Gasteiger charge is 2.36. The summed E-state index contributed by atoms with van der Waals surface area (Å²) in [5, 5.41) is 1.72. The predicted molar refractivity (Wildman–Crippen MR) is 48.5 cm³/mol. The van der Waals surface area contributed by atoms with Gasteiger partial charge in [0.15, 0.2) is 0 Å². The molecule has 0 aliphatic heterocycles. The summed E-state index contributed by atoms with van der Waals surface area (Å²) < 4.78 is 0. The average Bonchev–Trinajstić information content (AvgIpc) is 1.94. The van der Waals surface area contributed by atoms with Crippen LogP contribution in [0.5, 0.6) is 0 Å². The third-order valence-corrected chi connectivity index (χ3v) is 2.73. The third-order valence-electron chi connectivity index (χ3n) is 2.73. The maximum atomic E-state index is 11.2. The Kier molecular flexibility index (Phi) is 3.27. The molecule has 0 aromatic rings. The summed E-state index contributed by atoms with van der Waals surface area (Å²) in [4.78, 5) is 11.2. The van der Waals surface area contributed by atoms with Crippen molar-refractivity contribution in [1.82, 2.24) is 0 Å². The van der Waals surface area contributed by atoms with Gasteiger partial charge >= 0.3 is 5.91 Å². The molecule has 0 saturated heterocycles. The Balaban J connectivity index is 2.15. The van der Waals surface area contributed by atoms with Gasteiger partial charge < -0.3 is 0 Å². The van der Waals surface area contributed by atoms with Gasteiger partial charge in [-0.2, -0.15) is 0 Å². The normalized spacial score (nSPS) is 28.7. The van der Waals surface area contributed by atoms with Gasteiger partial charge in [0.05, 0.1) is 13.0 Å². The van der Waals surface area contributed by atoms with Crippen molar-refractivity contribution in [1.29, 1.82) is 0 Å². The number of carbonyl (C=O) groups excluding carboxylic acids is 1. The Morgan fingerprint density at radius 3 is 2.50 bits per heavy atom. The topological polar surface area (TPSA) is 33.7 Å². The van der Waals surface area contributed by atoms with Crippen molar-refractivity contribution in [3.8, 4) is 0 Å². The van der Waals surface area contributed by atoms with Crippen molar-refractivity contribution in [3.05, 3.63) is 0 Å². The van der Waals surface area contributed by atoms with Gasteiger partial charge in [-0.3, -0.25) is 5.32 Å². The first-order chi connectivity index (χ1) is 5.63. The van der Waals surface area contributed by atoms with E-state index in [9.17, 15) is 4.79 Å². The lowest BCUT2D eigenvalue weighted by atomic mass is 9.71. The first kappa shape index (κ1) is 9.72. The molecule has 0 radical (unpaired) electrons. The van der Waals surface area contributed by atoms with Gasteiger partial charge in [0.2, 0.25) is 0 Å². The van der Waals surface area contributed by atoms with Crippen LogP contribution in [0.25, 0.3) is 0 Å². The molecule has 0 unspecified atom stereocenters. The summed E-state index contributed by atoms with van der Waals surface area (Å²) in [7, 11) is 1.85. The molecule has 1 rings (SSSR count). The average molecular weight is 170 g/mol. The van der Waals surface area contributed by atoms with Crippen molar-refractivity contribution < 1.29 is 10.1 Å². The standard InChI is InChI=1S/C10H19NO/c1-7(2)4-8-5-9(6-8)10(12)11-3/h7-9H,4-6H2,1-3H3,(H,11,12)/p+1. The molecule has 70 valence electrons. The minimum atomic E-state index is 0.356. The van der Waals surface area contributed by atoms with Crippen LogP contribution in [0.15, 0.2) is 0 Å². The van der Waals surface area contributed by atoms with Gasteiger partial charge in [-0.25, -0.2) is 4.79 Å². The van der Waals surface area contributed by atoms with Crippen LogP contribution in [0.3, 0.4) is 0 Å². The Hall–Kier alpha value is -0.370. The van der Waals surface area contributed by atoms with Gasteiger partial charge in [0.1, 0.15) is 0 Å². The van der Waals surface area contributed by atoms with Crippen molar-refractivity contribution in [2.75, 3.05) is 7.05 Å². The van der Waals surface area contributed by atoms with Crippen molar-refractivity contribution in [3.63, 3.8) is 0 Å². The van der Waals surface area contributed by atoms with E-state index in [0.29, 0.717) is 11.8 Å². The molecule has 12 heavy (non-hydrogen) atoms. The zero-order valence-corrected chi connectivity index (χ0v) is 8.34. The monoisotopic (exact) mass is 170 g/mol. The molecule has 0 bridgehead atoms. The molecule has 2 heteroatoms. The lowest BCUT2D eigenvalue weighted by Crippen LogP contribution is -2.86. The SMILES string of the molecule is C[NH2+]C(=O)C1CC(CC(C)C)C1. The van der Waals surface area contributed by atoms with E-state index in [-0.39, 0.29) is 0 Å². The van der Waals surface area contributed by atoms with E-state index in [1.807, 2.05) is 7.05 Å². The molecular formula is C10H20NO+. The minimum Gasteiger partial charge on any atom is -0.285 e. The maximum Gasteiger partial charge on any atom is 0.313 e.